The summed E-state index contributed by atoms with van der Waals surface area (Å²) < 4.78 is 2.96. The molecule has 1 aliphatic heterocycles. The summed E-state index contributed by atoms with van der Waals surface area (Å²) in [4.78, 5) is 24.0. The van der Waals surface area contributed by atoms with Crippen molar-refractivity contribution in [3.63, 3.8) is 0 Å². The summed E-state index contributed by atoms with van der Waals surface area (Å²) >= 11 is 13.8. The molecule has 0 bridgehead atoms. The SMILES string of the molecule is O=C1NC(=O)c2c(Br)c(Br)c(Br)c3c(Br)ccc1c23. The zero-order chi connectivity index (χ0) is 13.9. The Balaban J connectivity index is 2.68. The molecule has 2 aromatic carbocycles. The van der Waals surface area contributed by atoms with Gasteiger partial charge in [0.1, 0.15) is 0 Å². The van der Waals surface area contributed by atoms with Crippen molar-refractivity contribution in [2.75, 3.05) is 0 Å². The fourth-order valence-corrected chi connectivity index (χ4v) is 4.76. The third-order valence-electron chi connectivity index (χ3n) is 2.93. The van der Waals surface area contributed by atoms with Crippen molar-refractivity contribution in [3.8, 4) is 0 Å². The predicted molar refractivity (Wildman–Crippen MR) is 86.5 cm³/mol. The second-order valence-electron chi connectivity index (χ2n) is 3.95. The fraction of sp³-hybridized carbons (Fsp3) is 0. The van der Waals surface area contributed by atoms with Crippen LogP contribution in [0.25, 0.3) is 10.8 Å². The van der Waals surface area contributed by atoms with Gasteiger partial charge in [-0.15, -0.1) is 0 Å². The highest BCUT2D eigenvalue weighted by atomic mass is 79.9. The van der Waals surface area contributed by atoms with Crippen molar-refractivity contribution in [3.05, 3.63) is 41.2 Å². The lowest BCUT2D eigenvalue weighted by molar-refractivity contribution is 0.0844. The second kappa shape index (κ2) is 4.65. The van der Waals surface area contributed by atoms with Crippen molar-refractivity contribution in [1.29, 1.82) is 0 Å². The number of nitrogens with one attached hydrogen (secondary N) is 1. The van der Waals surface area contributed by atoms with Crippen molar-refractivity contribution in [1.82, 2.24) is 5.32 Å². The summed E-state index contributed by atoms with van der Waals surface area (Å²) in [6, 6.07) is 3.49. The molecular formula is C12H3Br4NO2. The Kier molecular flexibility index (Phi) is 3.36. The quantitative estimate of drug-likeness (QED) is 0.408. The molecule has 0 atom stereocenters. The number of halogens is 4. The molecule has 0 saturated heterocycles. The first-order valence-corrected chi connectivity index (χ1v) is 8.25. The lowest BCUT2D eigenvalue weighted by Gasteiger charge is -2.20. The second-order valence-corrected chi connectivity index (χ2v) is 7.18. The molecule has 96 valence electrons. The largest absolute Gasteiger partial charge is 0.288 e. The Labute approximate surface area is 141 Å². The molecule has 0 fully saturated rings. The maximum absolute atomic E-state index is 12.1. The molecule has 1 aliphatic rings. The first kappa shape index (κ1) is 13.7. The molecule has 0 aromatic heterocycles. The van der Waals surface area contributed by atoms with Crippen LogP contribution in [0.1, 0.15) is 20.7 Å². The Morgan fingerprint density at radius 2 is 1.47 bits per heavy atom. The first-order chi connectivity index (χ1) is 8.93. The third kappa shape index (κ3) is 1.86. The van der Waals surface area contributed by atoms with E-state index in [-0.39, 0.29) is 5.91 Å². The van der Waals surface area contributed by atoms with Gasteiger partial charge >= 0.3 is 0 Å². The molecule has 0 unspecified atom stereocenters. The molecule has 2 amide bonds. The van der Waals surface area contributed by atoms with E-state index in [4.69, 9.17) is 0 Å². The van der Waals surface area contributed by atoms with Crippen LogP contribution in [0.15, 0.2) is 30.0 Å². The summed E-state index contributed by atoms with van der Waals surface area (Å²) in [5.41, 5.74) is 0.947. The molecular weight excluding hydrogens is 510 g/mol. The maximum Gasteiger partial charge on any atom is 0.259 e. The van der Waals surface area contributed by atoms with Crippen LogP contribution in [0.2, 0.25) is 0 Å². The zero-order valence-corrected chi connectivity index (χ0v) is 15.3. The summed E-state index contributed by atoms with van der Waals surface area (Å²) in [5.74, 6) is -0.781. The van der Waals surface area contributed by atoms with E-state index in [1.807, 2.05) is 0 Å². The molecule has 3 rings (SSSR count). The van der Waals surface area contributed by atoms with Crippen molar-refractivity contribution in [2.45, 2.75) is 0 Å². The predicted octanol–water partition coefficient (Wildman–Crippen LogP) is 4.77. The first-order valence-electron chi connectivity index (χ1n) is 5.07. The van der Waals surface area contributed by atoms with E-state index in [1.54, 1.807) is 12.1 Å². The Morgan fingerprint density at radius 3 is 2.16 bits per heavy atom. The van der Waals surface area contributed by atoms with Crippen molar-refractivity contribution < 1.29 is 9.59 Å². The maximum atomic E-state index is 12.1. The standard InChI is InChI=1S/C12H3Br4NO2/c13-4-2-1-3-5-6(4)8(14)10(16)9(15)7(5)12(19)17-11(3)18/h1-2H,(H,17,18,19). The topological polar surface area (TPSA) is 46.2 Å². The average Bonchev–Trinajstić information content (AvgIpc) is 2.35. The molecule has 1 heterocycles. The van der Waals surface area contributed by atoms with Crippen LogP contribution in [0.4, 0.5) is 0 Å². The number of rotatable bonds is 0. The van der Waals surface area contributed by atoms with Gasteiger partial charge in [-0.3, -0.25) is 14.9 Å². The molecule has 2 aromatic rings. The molecule has 1 N–H and O–H groups in total. The average molecular weight is 513 g/mol. The van der Waals surface area contributed by atoms with Gasteiger partial charge in [-0.25, -0.2) is 0 Å². The van der Waals surface area contributed by atoms with Crippen LogP contribution in [0.5, 0.6) is 0 Å². The van der Waals surface area contributed by atoms with E-state index < -0.39 is 5.91 Å². The van der Waals surface area contributed by atoms with Gasteiger partial charge in [0.25, 0.3) is 11.8 Å². The number of hydrogen-bond donors (Lipinski definition) is 1. The monoisotopic (exact) mass is 509 g/mol. The van der Waals surface area contributed by atoms with E-state index >= 15 is 0 Å². The van der Waals surface area contributed by atoms with Gasteiger partial charge in [0, 0.05) is 34.2 Å². The number of hydrogen-bond acceptors (Lipinski definition) is 2. The Hall–Kier alpha value is -0.240. The van der Waals surface area contributed by atoms with Crippen molar-refractivity contribution >= 4 is 86.3 Å². The van der Waals surface area contributed by atoms with Gasteiger partial charge in [0.15, 0.2) is 0 Å². The van der Waals surface area contributed by atoms with E-state index in [9.17, 15) is 9.59 Å². The van der Waals surface area contributed by atoms with E-state index in [1.165, 1.54) is 0 Å². The van der Waals surface area contributed by atoms with Gasteiger partial charge in [-0.05, 0) is 59.9 Å². The fourth-order valence-electron chi connectivity index (χ4n) is 2.11. The van der Waals surface area contributed by atoms with Gasteiger partial charge in [-0.2, -0.15) is 0 Å². The van der Waals surface area contributed by atoms with Crippen molar-refractivity contribution in [2.24, 2.45) is 0 Å². The zero-order valence-electron chi connectivity index (χ0n) is 8.98. The lowest BCUT2D eigenvalue weighted by Crippen LogP contribution is -2.35. The van der Waals surface area contributed by atoms with Crippen LogP contribution < -0.4 is 5.32 Å². The number of amides is 2. The highest BCUT2D eigenvalue weighted by molar-refractivity contribution is 9.14. The number of carbonyl (C=O) groups is 2. The highest BCUT2D eigenvalue weighted by Crippen LogP contribution is 2.45. The van der Waals surface area contributed by atoms with Gasteiger partial charge in [0.2, 0.25) is 0 Å². The minimum absolute atomic E-state index is 0.379. The lowest BCUT2D eigenvalue weighted by atomic mass is 9.95. The van der Waals surface area contributed by atoms with Crippen LogP contribution >= 0.6 is 63.7 Å². The number of imide groups is 1. The van der Waals surface area contributed by atoms with Crippen LogP contribution in [0.3, 0.4) is 0 Å². The molecule has 0 saturated carbocycles. The molecule has 19 heavy (non-hydrogen) atoms. The summed E-state index contributed by atoms with van der Waals surface area (Å²) in [6.45, 7) is 0. The Bertz CT molecular complexity index is 785. The summed E-state index contributed by atoms with van der Waals surface area (Å²) in [5, 5.41) is 3.78. The highest BCUT2D eigenvalue weighted by Gasteiger charge is 2.30. The number of benzene rings is 2. The smallest absolute Gasteiger partial charge is 0.259 e. The summed E-state index contributed by atoms with van der Waals surface area (Å²) in [6.07, 6.45) is 0. The minimum atomic E-state index is -0.402. The van der Waals surface area contributed by atoms with Crippen LogP contribution in [0, 0.1) is 0 Å². The van der Waals surface area contributed by atoms with Gasteiger partial charge in [0.05, 0.1) is 5.56 Å². The number of carbonyl (C=O) groups excluding carboxylic acids is 2. The van der Waals surface area contributed by atoms with Crippen LogP contribution in [-0.2, 0) is 0 Å². The van der Waals surface area contributed by atoms with Crippen LogP contribution in [-0.4, -0.2) is 11.8 Å². The van der Waals surface area contributed by atoms with Gasteiger partial charge in [-0.1, -0.05) is 15.9 Å². The Morgan fingerprint density at radius 1 is 0.789 bits per heavy atom. The van der Waals surface area contributed by atoms with Gasteiger partial charge < -0.3 is 0 Å². The minimum Gasteiger partial charge on any atom is -0.288 e. The molecule has 0 spiro atoms. The van der Waals surface area contributed by atoms with E-state index in [2.05, 4.69) is 69.0 Å². The third-order valence-corrected chi connectivity index (χ3v) is 7.03. The normalized spacial score (nSPS) is 13.9. The molecule has 0 radical (unpaired) electrons. The molecule has 7 heteroatoms. The molecule has 3 nitrogen and oxygen atoms in total. The van der Waals surface area contributed by atoms with E-state index in [0.717, 1.165) is 18.8 Å². The summed E-state index contributed by atoms with van der Waals surface area (Å²) in [7, 11) is 0. The molecule has 0 aliphatic carbocycles. The van der Waals surface area contributed by atoms with E-state index in [0.29, 0.717) is 21.0 Å².